The largest absolute Gasteiger partial charge is 2.00 e. The predicted molar refractivity (Wildman–Crippen MR) is 87.4 cm³/mol. The van der Waals surface area contributed by atoms with Crippen molar-refractivity contribution in [2.45, 2.75) is 0 Å². The molecular weight excluding hydrogens is 389 g/mol. The summed E-state index contributed by atoms with van der Waals surface area (Å²) >= 11 is 10.8. The van der Waals surface area contributed by atoms with Crippen LogP contribution in [-0.2, 0) is 17.1 Å². The normalized spacial score (nSPS) is 9.61. The molecule has 2 aromatic rings. The molecule has 125 valence electrons. The molecule has 0 bridgehead atoms. The second-order valence-corrected chi connectivity index (χ2v) is 4.88. The fourth-order valence-corrected chi connectivity index (χ4v) is 1.77. The van der Waals surface area contributed by atoms with Crippen LogP contribution in [0.25, 0.3) is 0 Å². The molecule has 0 fully saturated rings. The van der Waals surface area contributed by atoms with Crippen LogP contribution in [0, 0.1) is 0 Å². The molecule has 0 saturated carbocycles. The van der Waals surface area contributed by atoms with E-state index in [9.17, 15) is 10.2 Å². The third kappa shape index (κ3) is 6.85. The zero-order valence-electron chi connectivity index (χ0n) is 11.5. The Morgan fingerprint density at radius 3 is 2.39 bits per heavy atom. The van der Waals surface area contributed by atoms with Crippen molar-refractivity contribution < 1.29 is 32.8 Å². The Bertz CT molecular complexity index is 683. The summed E-state index contributed by atoms with van der Waals surface area (Å²) in [6, 6.07) is 10.7. The van der Waals surface area contributed by atoms with E-state index in [4.69, 9.17) is 23.8 Å². The van der Waals surface area contributed by atoms with E-state index in [1.807, 2.05) is 0 Å². The van der Waals surface area contributed by atoms with Crippen molar-refractivity contribution in [1.82, 2.24) is 5.43 Å². The molecule has 0 saturated heterocycles. The summed E-state index contributed by atoms with van der Waals surface area (Å²) in [4.78, 5) is 0. The number of halogens is 1. The van der Waals surface area contributed by atoms with E-state index in [2.05, 4.69) is 15.8 Å². The molecule has 9 heteroatoms. The minimum Gasteiger partial charge on any atom is -0.872 e. The van der Waals surface area contributed by atoms with Crippen molar-refractivity contribution in [1.29, 1.82) is 0 Å². The van der Waals surface area contributed by atoms with Crippen molar-refractivity contribution in [3.63, 3.8) is 0 Å². The van der Waals surface area contributed by atoms with Gasteiger partial charge in [-0.1, -0.05) is 29.8 Å². The Kier molecular flexibility index (Phi) is 9.24. The van der Waals surface area contributed by atoms with Crippen LogP contribution in [0.15, 0.2) is 47.6 Å². The molecule has 0 aromatic heterocycles. The molecule has 0 amide bonds. The Morgan fingerprint density at radius 2 is 1.78 bits per heavy atom. The fourth-order valence-electron chi connectivity index (χ4n) is 1.47. The summed E-state index contributed by atoms with van der Waals surface area (Å²) in [7, 11) is 0. The summed E-state index contributed by atoms with van der Waals surface area (Å²) in [6.45, 7) is 0. The van der Waals surface area contributed by atoms with Crippen LogP contribution in [0.1, 0.15) is 5.56 Å². The Morgan fingerprint density at radius 1 is 1.13 bits per heavy atom. The molecule has 0 atom stereocenters. The van der Waals surface area contributed by atoms with Gasteiger partial charge in [-0.2, -0.15) is 5.10 Å². The Labute approximate surface area is 154 Å². The van der Waals surface area contributed by atoms with Crippen molar-refractivity contribution >= 4 is 40.8 Å². The van der Waals surface area contributed by atoms with Crippen LogP contribution in [0.2, 0.25) is 5.02 Å². The number of hydrogen-bond donors (Lipinski definition) is 2. The van der Waals surface area contributed by atoms with E-state index in [0.29, 0.717) is 10.6 Å². The van der Waals surface area contributed by atoms with Crippen LogP contribution < -0.4 is 21.0 Å². The minimum atomic E-state index is -0.385. The number of anilines is 1. The van der Waals surface area contributed by atoms with Crippen LogP contribution in [0.5, 0.6) is 11.5 Å². The number of thiocarbonyl (C=S) groups is 1. The number of hydrazone groups is 1. The number of benzene rings is 2. The smallest absolute Gasteiger partial charge is 0.872 e. The monoisotopic (exact) mass is 400 g/mol. The van der Waals surface area contributed by atoms with Gasteiger partial charge in [-0.3, -0.25) is 5.43 Å². The van der Waals surface area contributed by atoms with Crippen LogP contribution >= 0.6 is 23.8 Å². The predicted octanol–water partition coefficient (Wildman–Crippen LogP) is 0.980. The van der Waals surface area contributed by atoms with Crippen LogP contribution in [0.4, 0.5) is 5.69 Å². The van der Waals surface area contributed by atoms with Crippen LogP contribution in [-0.4, -0.2) is 16.8 Å². The number of rotatable bonds is 3. The van der Waals surface area contributed by atoms with Gasteiger partial charge in [0.25, 0.3) is 0 Å². The van der Waals surface area contributed by atoms with Crippen molar-refractivity contribution in [2.24, 2.45) is 5.10 Å². The molecule has 23 heavy (non-hydrogen) atoms. The zero-order chi connectivity index (χ0) is 15.2. The third-order valence-electron chi connectivity index (χ3n) is 2.46. The molecule has 2 rings (SSSR count). The first kappa shape index (κ1) is 21.2. The maximum Gasteiger partial charge on any atom is 2.00 e. The molecule has 0 aliphatic carbocycles. The number of nitrogens with one attached hydrogen (secondary N) is 2. The van der Waals surface area contributed by atoms with E-state index >= 15 is 0 Å². The molecule has 1 radical (unpaired) electrons. The topological polar surface area (TPSA) is 114 Å². The molecular formula is C14H12ClCuN3O3S. The van der Waals surface area contributed by atoms with E-state index in [1.54, 1.807) is 24.3 Å². The maximum absolute atomic E-state index is 11.5. The molecule has 4 N–H and O–H groups in total. The second-order valence-electron chi connectivity index (χ2n) is 4.03. The summed E-state index contributed by atoms with van der Waals surface area (Å²) < 4.78 is 0. The first-order chi connectivity index (χ1) is 10.0. The summed E-state index contributed by atoms with van der Waals surface area (Å²) in [6.07, 6.45) is 1.30. The molecule has 2 aromatic carbocycles. The van der Waals surface area contributed by atoms with Crippen molar-refractivity contribution in [2.75, 3.05) is 5.32 Å². The first-order valence-corrected chi connectivity index (χ1v) is 6.67. The Hall–Kier alpha value is -1.83. The average molecular weight is 401 g/mol. The van der Waals surface area contributed by atoms with Gasteiger partial charge in [0.05, 0.1) is 6.21 Å². The summed E-state index contributed by atoms with van der Waals surface area (Å²) in [5, 5.41) is 30.0. The van der Waals surface area contributed by atoms with E-state index in [0.717, 1.165) is 11.8 Å². The van der Waals surface area contributed by atoms with Crippen molar-refractivity contribution in [3.8, 4) is 11.5 Å². The van der Waals surface area contributed by atoms with E-state index in [1.165, 1.54) is 18.3 Å². The van der Waals surface area contributed by atoms with Gasteiger partial charge in [0.1, 0.15) is 0 Å². The second kappa shape index (κ2) is 10.0. The van der Waals surface area contributed by atoms with Gasteiger partial charge in [0.2, 0.25) is 0 Å². The summed E-state index contributed by atoms with van der Waals surface area (Å²) in [5.74, 6) is -0.713. The molecule has 0 aliphatic heterocycles. The average Bonchev–Trinajstić information content (AvgIpc) is 2.44. The van der Waals surface area contributed by atoms with Gasteiger partial charge in [0, 0.05) is 10.7 Å². The van der Waals surface area contributed by atoms with E-state index < -0.39 is 0 Å². The minimum absolute atomic E-state index is 0. The Balaban J connectivity index is 0.00000242. The maximum atomic E-state index is 11.5. The molecule has 0 unspecified atom stereocenters. The molecule has 0 aliphatic rings. The zero-order valence-corrected chi connectivity index (χ0v) is 14.0. The summed E-state index contributed by atoms with van der Waals surface area (Å²) in [5.41, 5.74) is 3.63. The molecule has 6 nitrogen and oxygen atoms in total. The quantitative estimate of drug-likeness (QED) is 0.345. The molecule has 0 heterocycles. The van der Waals surface area contributed by atoms with Gasteiger partial charge >= 0.3 is 17.1 Å². The van der Waals surface area contributed by atoms with Gasteiger partial charge < -0.3 is 21.0 Å². The van der Waals surface area contributed by atoms with Gasteiger partial charge in [-0.25, -0.2) is 0 Å². The first-order valence-electron chi connectivity index (χ1n) is 5.88. The molecule has 0 spiro atoms. The number of nitrogens with zero attached hydrogens (tertiary/aromatic N) is 1. The van der Waals surface area contributed by atoms with Gasteiger partial charge in [0.15, 0.2) is 5.11 Å². The van der Waals surface area contributed by atoms with E-state index in [-0.39, 0.29) is 39.2 Å². The van der Waals surface area contributed by atoms with Crippen LogP contribution in [0.3, 0.4) is 0 Å². The fraction of sp³-hybridized carbons (Fsp3) is 0. The SMILES string of the molecule is O.[Cu+2].[O-]c1ccc(/C=N/NC(=S)Nc2ccc(Cl)cc2)c([O-])c1. The van der Waals surface area contributed by atoms with Crippen molar-refractivity contribution in [3.05, 3.63) is 53.1 Å². The van der Waals surface area contributed by atoms with Gasteiger partial charge in [-0.05, 0) is 42.0 Å². The number of hydrogen-bond acceptors (Lipinski definition) is 4. The standard InChI is InChI=1S/C14H12ClN3O2S.Cu.H2O/c15-10-2-4-11(5-3-10)17-14(21)18-16-8-9-1-6-12(19)7-13(9)20;;/h1-8,19-20H,(H2,17,18,21);;1H2/q;+2;/p-2/b16-8+;;. The van der Waals surface area contributed by atoms with Gasteiger partial charge in [-0.15, -0.1) is 11.5 Å². The third-order valence-corrected chi connectivity index (χ3v) is 2.90.